The number of ether oxygens (including phenoxy) is 1. The molecule has 0 aromatic rings. The summed E-state index contributed by atoms with van der Waals surface area (Å²) in [6, 6.07) is 0. The van der Waals surface area contributed by atoms with Crippen molar-refractivity contribution < 1.29 is 9.13 Å². The average Bonchev–Trinajstić information content (AvgIpc) is 1.69. The van der Waals surface area contributed by atoms with Crippen LogP contribution in [0.3, 0.4) is 0 Å². The first-order valence-corrected chi connectivity index (χ1v) is 4.58. The summed E-state index contributed by atoms with van der Waals surface area (Å²) >= 11 is 1.21. The first kappa shape index (κ1) is 7.69. The quantitative estimate of drug-likeness (QED) is 0.479. The Kier molecular flexibility index (Phi) is 7.35. The van der Waals surface area contributed by atoms with Gasteiger partial charge in [0, 0.05) is 0 Å². The summed E-state index contributed by atoms with van der Waals surface area (Å²) in [7, 11) is 0. The van der Waals surface area contributed by atoms with Gasteiger partial charge in [-0.15, -0.1) is 0 Å². The van der Waals surface area contributed by atoms with Crippen molar-refractivity contribution in [2.45, 2.75) is 4.44 Å². The van der Waals surface area contributed by atoms with E-state index in [1.165, 1.54) is 22.5 Å². The van der Waals surface area contributed by atoms with Crippen LogP contribution in [0.15, 0.2) is 0 Å². The Morgan fingerprint density at radius 2 is 2.14 bits per heavy atom. The monoisotopic (exact) mass is 212 g/mol. The van der Waals surface area contributed by atoms with E-state index in [0.717, 1.165) is 11.0 Å². The van der Waals surface area contributed by atoms with E-state index in [9.17, 15) is 4.39 Å². The van der Waals surface area contributed by atoms with E-state index in [4.69, 9.17) is 4.74 Å². The second kappa shape index (κ2) is 6.69. The van der Waals surface area contributed by atoms with Gasteiger partial charge in [-0.1, -0.05) is 0 Å². The third-order valence-corrected chi connectivity index (χ3v) is 1.16. The topological polar surface area (TPSA) is 9.23 Å². The SMILES string of the molecule is FCCOC[CH2][SnH]. The number of hydrogen-bond acceptors (Lipinski definition) is 1. The van der Waals surface area contributed by atoms with Crippen molar-refractivity contribution in [1.29, 1.82) is 0 Å². The Bertz CT molecular complexity index is 30.9. The summed E-state index contributed by atoms with van der Waals surface area (Å²) in [6.07, 6.45) is 0. The van der Waals surface area contributed by atoms with Crippen LogP contribution in [0.1, 0.15) is 0 Å². The summed E-state index contributed by atoms with van der Waals surface area (Å²) in [5, 5.41) is 0. The van der Waals surface area contributed by atoms with Crippen molar-refractivity contribution in [1.82, 2.24) is 0 Å². The molecule has 0 aliphatic heterocycles. The Hall–Kier alpha value is 0.689. The van der Waals surface area contributed by atoms with E-state index in [0.29, 0.717) is 0 Å². The second-order valence-corrected chi connectivity index (χ2v) is 2.74. The van der Waals surface area contributed by atoms with Crippen LogP contribution in [-0.4, -0.2) is 42.4 Å². The molecular formula is C4H9FOSn. The van der Waals surface area contributed by atoms with Gasteiger partial charge in [-0.3, -0.25) is 0 Å². The number of halogens is 1. The molecular weight excluding hydrogens is 202 g/mol. The Morgan fingerprint density at radius 3 is 2.57 bits per heavy atom. The minimum atomic E-state index is -0.347. The third-order valence-electron chi connectivity index (χ3n) is 0.484. The maximum absolute atomic E-state index is 11.2. The fourth-order valence-corrected chi connectivity index (χ4v) is 0.716. The van der Waals surface area contributed by atoms with Gasteiger partial charge in [-0.05, 0) is 0 Å². The van der Waals surface area contributed by atoms with E-state index in [-0.39, 0.29) is 13.3 Å². The number of rotatable bonds is 4. The molecule has 0 bridgehead atoms. The normalized spacial score (nSPS) is 9.43. The third kappa shape index (κ3) is 6.69. The van der Waals surface area contributed by atoms with Gasteiger partial charge in [-0.2, -0.15) is 0 Å². The summed E-state index contributed by atoms with van der Waals surface area (Å²) in [5.74, 6) is 0. The van der Waals surface area contributed by atoms with Crippen molar-refractivity contribution in [3.05, 3.63) is 0 Å². The van der Waals surface area contributed by atoms with Crippen molar-refractivity contribution in [3.63, 3.8) is 0 Å². The zero-order valence-electron chi connectivity index (χ0n) is 4.19. The Labute approximate surface area is 56.3 Å². The molecule has 42 valence electrons. The first-order chi connectivity index (χ1) is 3.41. The van der Waals surface area contributed by atoms with Gasteiger partial charge in [0.1, 0.15) is 0 Å². The molecule has 0 rings (SSSR count). The molecule has 0 spiro atoms. The van der Waals surface area contributed by atoms with Gasteiger partial charge in [0.2, 0.25) is 0 Å². The minimum absolute atomic E-state index is 0.279. The molecule has 0 aromatic carbocycles. The molecule has 7 heavy (non-hydrogen) atoms. The Balaban J connectivity index is 2.45. The number of alkyl halides is 1. The summed E-state index contributed by atoms with van der Waals surface area (Å²) in [5.41, 5.74) is 0. The van der Waals surface area contributed by atoms with E-state index in [1.807, 2.05) is 0 Å². The zero-order chi connectivity index (χ0) is 5.54. The van der Waals surface area contributed by atoms with Gasteiger partial charge in [0.05, 0.1) is 0 Å². The maximum atomic E-state index is 11.2. The molecule has 3 heteroatoms. The molecule has 0 heterocycles. The van der Waals surface area contributed by atoms with Crippen LogP contribution in [0.4, 0.5) is 4.39 Å². The van der Waals surface area contributed by atoms with Crippen molar-refractivity contribution in [3.8, 4) is 0 Å². The predicted octanol–water partition coefficient (Wildman–Crippen LogP) is 0.292. The van der Waals surface area contributed by atoms with Gasteiger partial charge >= 0.3 is 56.0 Å². The van der Waals surface area contributed by atoms with E-state index in [2.05, 4.69) is 0 Å². The van der Waals surface area contributed by atoms with Gasteiger partial charge in [0.15, 0.2) is 0 Å². The van der Waals surface area contributed by atoms with Crippen LogP contribution in [-0.2, 0) is 4.74 Å². The molecule has 2 radical (unpaired) electrons. The molecule has 0 aliphatic rings. The summed E-state index contributed by atoms with van der Waals surface area (Å²) in [6.45, 7) is 0.674. The van der Waals surface area contributed by atoms with E-state index in [1.54, 1.807) is 0 Å². The van der Waals surface area contributed by atoms with Crippen LogP contribution in [0.5, 0.6) is 0 Å². The van der Waals surface area contributed by atoms with Crippen LogP contribution < -0.4 is 0 Å². The van der Waals surface area contributed by atoms with Crippen LogP contribution in [0, 0.1) is 0 Å². The van der Waals surface area contributed by atoms with Gasteiger partial charge in [-0.25, -0.2) is 0 Å². The molecule has 0 aliphatic carbocycles. The fourth-order valence-electron chi connectivity index (χ4n) is 0.240. The average molecular weight is 211 g/mol. The molecule has 0 amide bonds. The molecule has 1 nitrogen and oxygen atoms in total. The van der Waals surface area contributed by atoms with Crippen LogP contribution in [0.25, 0.3) is 0 Å². The molecule has 0 atom stereocenters. The summed E-state index contributed by atoms with van der Waals surface area (Å²) in [4.78, 5) is 0. The Morgan fingerprint density at radius 1 is 1.43 bits per heavy atom. The molecule has 0 saturated carbocycles. The first-order valence-electron chi connectivity index (χ1n) is 2.25. The molecule has 0 N–H and O–H groups in total. The zero-order valence-corrected chi connectivity index (χ0v) is 7.49. The van der Waals surface area contributed by atoms with E-state index >= 15 is 0 Å². The van der Waals surface area contributed by atoms with Crippen LogP contribution in [0.2, 0.25) is 4.44 Å². The van der Waals surface area contributed by atoms with Crippen molar-refractivity contribution in [2.75, 3.05) is 19.9 Å². The van der Waals surface area contributed by atoms with Gasteiger partial charge < -0.3 is 0 Å². The van der Waals surface area contributed by atoms with Gasteiger partial charge in [0.25, 0.3) is 0 Å². The second-order valence-electron chi connectivity index (χ2n) is 1.09. The summed E-state index contributed by atoms with van der Waals surface area (Å²) < 4.78 is 17.1. The molecule has 0 aromatic heterocycles. The molecule has 0 fully saturated rings. The predicted molar refractivity (Wildman–Crippen MR) is 28.7 cm³/mol. The fraction of sp³-hybridized carbons (Fsp3) is 1.00. The molecule has 0 unspecified atom stereocenters. The standard InChI is InChI=1S/C4H8FO.Sn.H/c1-2-6-4-3-5;;/h1-4H2;;. The van der Waals surface area contributed by atoms with Crippen molar-refractivity contribution in [2.24, 2.45) is 0 Å². The van der Waals surface area contributed by atoms with E-state index < -0.39 is 0 Å². The number of hydrogen-bond donors (Lipinski definition) is 0. The van der Waals surface area contributed by atoms with Crippen molar-refractivity contribution >= 4 is 22.5 Å². The molecule has 0 saturated heterocycles. The van der Waals surface area contributed by atoms with Crippen LogP contribution >= 0.6 is 0 Å².